The molecule has 88 valence electrons. The fourth-order valence-electron chi connectivity index (χ4n) is 2.39. The van der Waals surface area contributed by atoms with E-state index in [2.05, 4.69) is 26.0 Å². The van der Waals surface area contributed by atoms with Crippen LogP contribution in [0.2, 0.25) is 0 Å². The lowest BCUT2D eigenvalue weighted by molar-refractivity contribution is 0.410. The molecule has 1 unspecified atom stereocenters. The van der Waals surface area contributed by atoms with Gasteiger partial charge in [-0.3, -0.25) is 0 Å². The average molecular weight is 237 g/mol. The highest BCUT2D eigenvalue weighted by Crippen LogP contribution is 2.39. The zero-order chi connectivity index (χ0) is 11.7. The largest absolute Gasteiger partial charge is 0.496 e. The van der Waals surface area contributed by atoms with E-state index in [0.717, 1.165) is 17.9 Å². The number of fused-ring (bicyclic) bond motifs is 1. The van der Waals surface area contributed by atoms with E-state index >= 15 is 0 Å². The van der Waals surface area contributed by atoms with Gasteiger partial charge in [0.05, 0.1) is 7.11 Å². The summed E-state index contributed by atoms with van der Waals surface area (Å²) in [5, 5.41) is 0.617. The molecule has 0 radical (unpaired) electrons. The quantitative estimate of drug-likeness (QED) is 0.815. The van der Waals surface area contributed by atoms with Crippen LogP contribution in [-0.2, 0) is 5.75 Å². The van der Waals surface area contributed by atoms with Crippen molar-refractivity contribution in [2.24, 2.45) is 5.73 Å². The van der Waals surface area contributed by atoms with Crippen molar-refractivity contribution >= 4 is 11.8 Å². The summed E-state index contributed by atoms with van der Waals surface area (Å²) in [6, 6.07) is 4.31. The molecule has 0 saturated carbocycles. The molecule has 2 nitrogen and oxygen atoms in total. The van der Waals surface area contributed by atoms with E-state index in [-0.39, 0.29) is 6.04 Å². The van der Waals surface area contributed by atoms with Crippen LogP contribution in [0, 0.1) is 6.92 Å². The van der Waals surface area contributed by atoms with E-state index in [1.807, 2.05) is 11.8 Å². The summed E-state index contributed by atoms with van der Waals surface area (Å²) in [5.41, 5.74) is 10.2. The molecule has 0 fully saturated rings. The summed E-state index contributed by atoms with van der Waals surface area (Å²) >= 11 is 1.96. The van der Waals surface area contributed by atoms with Gasteiger partial charge in [-0.25, -0.2) is 0 Å². The van der Waals surface area contributed by atoms with E-state index in [1.54, 1.807) is 7.11 Å². The lowest BCUT2D eigenvalue weighted by Gasteiger charge is -2.18. The third-order valence-electron chi connectivity index (χ3n) is 3.22. The minimum Gasteiger partial charge on any atom is -0.496 e. The van der Waals surface area contributed by atoms with Crippen molar-refractivity contribution < 1.29 is 4.74 Å². The Morgan fingerprint density at radius 2 is 2.19 bits per heavy atom. The molecule has 2 atom stereocenters. The zero-order valence-electron chi connectivity index (χ0n) is 10.1. The highest BCUT2D eigenvalue weighted by molar-refractivity contribution is 7.99. The van der Waals surface area contributed by atoms with Gasteiger partial charge in [0.2, 0.25) is 0 Å². The molecule has 0 aliphatic carbocycles. The van der Waals surface area contributed by atoms with Crippen LogP contribution in [0.1, 0.15) is 36.1 Å². The third-order valence-corrected chi connectivity index (χ3v) is 4.44. The van der Waals surface area contributed by atoms with Crippen molar-refractivity contribution in [2.75, 3.05) is 7.11 Å². The predicted octanol–water partition coefficient (Wildman–Crippen LogP) is 3.03. The van der Waals surface area contributed by atoms with Crippen LogP contribution in [0.4, 0.5) is 0 Å². The van der Waals surface area contributed by atoms with E-state index in [0.29, 0.717) is 5.25 Å². The number of hydrogen-bond donors (Lipinski definition) is 1. The molecule has 0 aromatic heterocycles. The second-order valence-corrected chi connectivity index (χ2v) is 5.87. The predicted molar refractivity (Wildman–Crippen MR) is 70.0 cm³/mol. The fourth-order valence-corrected chi connectivity index (χ4v) is 3.48. The highest BCUT2D eigenvalue weighted by atomic mass is 32.2. The zero-order valence-corrected chi connectivity index (χ0v) is 10.9. The smallest absolute Gasteiger partial charge is 0.123 e. The maximum Gasteiger partial charge on any atom is 0.123 e. The molecule has 1 aliphatic rings. The van der Waals surface area contributed by atoms with Crippen molar-refractivity contribution in [3.05, 3.63) is 28.8 Å². The third kappa shape index (κ3) is 2.06. The Kier molecular flexibility index (Phi) is 3.45. The maximum atomic E-state index is 6.29. The molecular weight excluding hydrogens is 218 g/mol. The van der Waals surface area contributed by atoms with Crippen LogP contribution in [0.3, 0.4) is 0 Å². The van der Waals surface area contributed by atoms with Gasteiger partial charge < -0.3 is 10.5 Å². The molecular formula is C13H19NOS. The molecule has 2 rings (SSSR count). The molecule has 0 spiro atoms. The lowest BCUT2D eigenvalue weighted by Crippen LogP contribution is -2.15. The Bertz CT molecular complexity index is 392. The van der Waals surface area contributed by atoms with Gasteiger partial charge in [0, 0.05) is 22.6 Å². The van der Waals surface area contributed by atoms with Gasteiger partial charge in [0.15, 0.2) is 0 Å². The molecule has 2 N–H and O–H groups in total. The molecule has 1 heterocycles. The first-order valence-electron chi connectivity index (χ1n) is 5.67. The maximum absolute atomic E-state index is 6.29. The van der Waals surface area contributed by atoms with Crippen LogP contribution >= 0.6 is 11.8 Å². The molecule has 3 heteroatoms. The summed E-state index contributed by atoms with van der Waals surface area (Å²) in [7, 11) is 1.73. The molecule has 0 saturated heterocycles. The second kappa shape index (κ2) is 4.68. The first kappa shape index (κ1) is 11.8. The highest BCUT2D eigenvalue weighted by Gasteiger charge is 2.23. The van der Waals surface area contributed by atoms with E-state index in [9.17, 15) is 0 Å². The Morgan fingerprint density at radius 3 is 2.88 bits per heavy atom. The number of thioether (sulfide) groups is 1. The molecule has 1 aromatic carbocycles. The Balaban J connectivity index is 2.52. The summed E-state index contributed by atoms with van der Waals surface area (Å²) in [5.74, 6) is 1.99. The molecule has 1 aliphatic heterocycles. The summed E-state index contributed by atoms with van der Waals surface area (Å²) in [4.78, 5) is 0. The minimum absolute atomic E-state index is 0.148. The lowest BCUT2D eigenvalue weighted by atomic mass is 9.93. The Morgan fingerprint density at radius 1 is 1.44 bits per heavy atom. The molecule has 0 bridgehead atoms. The Hall–Kier alpha value is -0.670. The van der Waals surface area contributed by atoms with Gasteiger partial charge in [0.25, 0.3) is 0 Å². The second-order valence-electron chi connectivity index (χ2n) is 4.44. The van der Waals surface area contributed by atoms with Crippen LogP contribution < -0.4 is 10.5 Å². The summed E-state index contributed by atoms with van der Waals surface area (Å²) in [6.45, 7) is 4.39. The standard InChI is InChI=1S/C13H19NOS/c1-8-4-5-12(15-3)10-7-16-9(2)6-11(14)13(8)10/h4-5,9,11H,6-7,14H2,1-3H3/t9?,11-/m1/s1. The number of benzene rings is 1. The van der Waals surface area contributed by atoms with Crippen molar-refractivity contribution in [1.82, 2.24) is 0 Å². The summed E-state index contributed by atoms with van der Waals surface area (Å²) < 4.78 is 5.44. The van der Waals surface area contributed by atoms with Crippen LogP contribution in [0.5, 0.6) is 5.75 Å². The van der Waals surface area contributed by atoms with E-state index in [1.165, 1.54) is 16.7 Å². The van der Waals surface area contributed by atoms with Crippen LogP contribution in [0.15, 0.2) is 12.1 Å². The number of ether oxygens (including phenoxy) is 1. The van der Waals surface area contributed by atoms with Gasteiger partial charge in [-0.2, -0.15) is 11.8 Å². The molecule has 16 heavy (non-hydrogen) atoms. The van der Waals surface area contributed by atoms with E-state index < -0.39 is 0 Å². The number of nitrogens with two attached hydrogens (primary N) is 1. The number of aryl methyl sites for hydroxylation is 1. The first-order valence-corrected chi connectivity index (χ1v) is 6.72. The van der Waals surface area contributed by atoms with Gasteiger partial charge in [-0.05, 0) is 30.5 Å². The minimum atomic E-state index is 0.148. The topological polar surface area (TPSA) is 35.2 Å². The first-order chi connectivity index (χ1) is 7.63. The van der Waals surface area contributed by atoms with Crippen LogP contribution in [-0.4, -0.2) is 12.4 Å². The van der Waals surface area contributed by atoms with Gasteiger partial charge in [0.1, 0.15) is 5.75 Å². The normalized spacial score (nSPS) is 24.8. The van der Waals surface area contributed by atoms with Crippen molar-refractivity contribution in [3.63, 3.8) is 0 Å². The number of hydrogen-bond acceptors (Lipinski definition) is 3. The van der Waals surface area contributed by atoms with E-state index in [4.69, 9.17) is 10.5 Å². The Labute approximate surface area is 102 Å². The summed E-state index contributed by atoms with van der Waals surface area (Å²) in [6.07, 6.45) is 1.05. The number of methoxy groups -OCH3 is 1. The van der Waals surface area contributed by atoms with Gasteiger partial charge in [-0.1, -0.05) is 13.0 Å². The van der Waals surface area contributed by atoms with Gasteiger partial charge in [-0.15, -0.1) is 0 Å². The van der Waals surface area contributed by atoms with Crippen molar-refractivity contribution in [3.8, 4) is 5.75 Å². The fraction of sp³-hybridized carbons (Fsp3) is 0.538. The monoisotopic (exact) mass is 237 g/mol. The van der Waals surface area contributed by atoms with Crippen molar-refractivity contribution in [1.29, 1.82) is 0 Å². The number of rotatable bonds is 1. The molecule has 1 aromatic rings. The average Bonchev–Trinajstić information content (AvgIpc) is 2.39. The van der Waals surface area contributed by atoms with Crippen molar-refractivity contribution in [2.45, 2.75) is 37.3 Å². The van der Waals surface area contributed by atoms with Crippen LogP contribution in [0.25, 0.3) is 0 Å². The van der Waals surface area contributed by atoms with Gasteiger partial charge >= 0.3 is 0 Å². The molecule has 0 amide bonds. The SMILES string of the molecule is COc1ccc(C)c2c1CSC(C)C[C@H]2N.